The third-order valence-electron chi connectivity index (χ3n) is 3.49. The van der Waals surface area contributed by atoms with Crippen LogP contribution in [0.1, 0.15) is 30.1 Å². The van der Waals surface area contributed by atoms with Gasteiger partial charge in [-0.2, -0.15) is 0 Å². The second-order valence-corrected chi connectivity index (χ2v) is 5.36. The minimum Gasteiger partial charge on any atom is -0.482 e. The van der Waals surface area contributed by atoms with Crippen LogP contribution in [-0.2, 0) is 4.79 Å². The molecule has 2 aromatic rings. The Morgan fingerprint density at radius 2 is 1.83 bits per heavy atom. The normalized spacial score (nSPS) is 10.2. The van der Waals surface area contributed by atoms with Crippen LogP contribution in [0.4, 0.5) is 5.69 Å². The van der Waals surface area contributed by atoms with E-state index in [1.54, 1.807) is 29.2 Å². The van der Waals surface area contributed by atoms with Crippen molar-refractivity contribution in [2.45, 2.75) is 19.8 Å². The number of carbonyl (C=O) groups excluding carboxylic acids is 1. The maximum atomic E-state index is 12.9. The standard InChI is InChI=1S/C19H21NO4/c1-2-3-12-20(16-9-5-4-6-10-16)19(23)15-8-7-11-17(13-15)24-14-18(21)22/h4-11,13H,2-3,12,14H2,1H3,(H,21,22). The van der Waals surface area contributed by atoms with Crippen LogP contribution >= 0.6 is 0 Å². The Morgan fingerprint density at radius 1 is 1.08 bits per heavy atom. The summed E-state index contributed by atoms with van der Waals surface area (Å²) in [5.41, 5.74) is 1.31. The summed E-state index contributed by atoms with van der Waals surface area (Å²) in [6.07, 6.45) is 1.88. The van der Waals surface area contributed by atoms with E-state index in [1.165, 1.54) is 0 Å². The number of aliphatic carboxylic acids is 1. The molecule has 24 heavy (non-hydrogen) atoms. The van der Waals surface area contributed by atoms with Crippen molar-refractivity contribution in [1.82, 2.24) is 0 Å². The lowest BCUT2D eigenvalue weighted by atomic mass is 10.1. The Morgan fingerprint density at radius 3 is 2.50 bits per heavy atom. The predicted molar refractivity (Wildman–Crippen MR) is 92.6 cm³/mol. The average molecular weight is 327 g/mol. The van der Waals surface area contributed by atoms with E-state index in [-0.39, 0.29) is 5.91 Å². The third kappa shape index (κ3) is 4.84. The molecule has 0 spiro atoms. The smallest absolute Gasteiger partial charge is 0.341 e. The van der Waals surface area contributed by atoms with Gasteiger partial charge in [0.05, 0.1) is 0 Å². The summed E-state index contributed by atoms with van der Waals surface area (Å²) in [7, 11) is 0. The highest BCUT2D eigenvalue weighted by Gasteiger charge is 2.17. The molecule has 5 nitrogen and oxygen atoms in total. The molecule has 0 aliphatic carbocycles. The Balaban J connectivity index is 2.22. The second kappa shape index (κ2) is 8.72. The maximum Gasteiger partial charge on any atom is 0.341 e. The third-order valence-corrected chi connectivity index (χ3v) is 3.49. The molecule has 0 aromatic heterocycles. The fourth-order valence-corrected chi connectivity index (χ4v) is 2.29. The van der Waals surface area contributed by atoms with Crippen LogP contribution in [0.2, 0.25) is 0 Å². The van der Waals surface area contributed by atoms with Gasteiger partial charge in [-0.25, -0.2) is 4.79 Å². The fourth-order valence-electron chi connectivity index (χ4n) is 2.29. The van der Waals surface area contributed by atoms with Crippen LogP contribution in [0.3, 0.4) is 0 Å². The number of carboxylic acid groups (broad SMARTS) is 1. The van der Waals surface area contributed by atoms with E-state index < -0.39 is 12.6 Å². The van der Waals surface area contributed by atoms with Crippen molar-refractivity contribution >= 4 is 17.6 Å². The van der Waals surface area contributed by atoms with Gasteiger partial charge >= 0.3 is 5.97 Å². The van der Waals surface area contributed by atoms with E-state index >= 15 is 0 Å². The monoisotopic (exact) mass is 327 g/mol. The van der Waals surface area contributed by atoms with E-state index in [4.69, 9.17) is 9.84 Å². The van der Waals surface area contributed by atoms with Crippen molar-refractivity contribution in [1.29, 1.82) is 0 Å². The first-order valence-electron chi connectivity index (χ1n) is 7.93. The SMILES string of the molecule is CCCCN(C(=O)c1cccc(OCC(=O)O)c1)c1ccccc1. The van der Waals surface area contributed by atoms with Crippen LogP contribution in [0, 0.1) is 0 Å². The molecule has 0 radical (unpaired) electrons. The van der Waals surface area contributed by atoms with E-state index in [0.29, 0.717) is 17.9 Å². The van der Waals surface area contributed by atoms with E-state index in [1.807, 2.05) is 30.3 Å². The Labute approximate surface area is 141 Å². The van der Waals surface area contributed by atoms with Crippen molar-refractivity contribution in [3.05, 3.63) is 60.2 Å². The molecule has 0 unspecified atom stereocenters. The first-order valence-corrected chi connectivity index (χ1v) is 7.93. The first-order chi connectivity index (χ1) is 11.6. The van der Waals surface area contributed by atoms with Gasteiger partial charge in [-0.05, 0) is 36.8 Å². The van der Waals surface area contributed by atoms with E-state index in [2.05, 4.69) is 6.92 Å². The number of carbonyl (C=O) groups is 2. The molecule has 126 valence electrons. The molecule has 0 saturated heterocycles. The van der Waals surface area contributed by atoms with Gasteiger partial charge in [-0.15, -0.1) is 0 Å². The Hall–Kier alpha value is -2.82. The number of nitrogens with zero attached hydrogens (tertiary/aromatic N) is 1. The molecule has 0 heterocycles. The predicted octanol–water partition coefficient (Wildman–Crippen LogP) is 3.60. The molecule has 0 bridgehead atoms. The van der Waals surface area contributed by atoms with Crippen molar-refractivity contribution < 1.29 is 19.4 Å². The number of para-hydroxylation sites is 1. The van der Waals surface area contributed by atoms with Crippen molar-refractivity contribution in [3.63, 3.8) is 0 Å². The largest absolute Gasteiger partial charge is 0.482 e. The van der Waals surface area contributed by atoms with E-state index in [0.717, 1.165) is 18.5 Å². The molecule has 1 amide bonds. The van der Waals surface area contributed by atoms with Crippen molar-refractivity contribution in [3.8, 4) is 5.75 Å². The molecule has 5 heteroatoms. The van der Waals surface area contributed by atoms with Crippen molar-refractivity contribution in [2.75, 3.05) is 18.1 Å². The van der Waals surface area contributed by atoms with Gasteiger partial charge in [-0.3, -0.25) is 4.79 Å². The summed E-state index contributed by atoms with van der Waals surface area (Å²) in [5, 5.41) is 8.69. The Bertz CT molecular complexity index is 685. The summed E-state index contributed by atoms with van der Waals surface area (Å²) in [6.45, 7) is 2.27. The molecule has 0 aliphatic rings. The zero-order valence-corrected chi connectivity index (χ0v) is 13.6. The summed E-state index contributed by atoms with van der Waals surface area (Å²) < 4.78 is 5.15. The number of unbranched alkanes of at least 4 members (excludes halogenated alkanes) is 1. The van der Waals surface area contributed by atoms with Crippen LogP contribution in [-0.4, -0.2) is 30.1 Å². The van der Waals surface area contributed by atoms with Gasteiger partial charge < -0.3 is 14.7 Å². The molecule has 0 saturated carbocycles. The van der Waals surface area contributed by atoms with Gasteiger partial charge in [0.1, 0.15) is 5.75 Å². The van der Waals surface area contributed by atoms with Gasteiger partial charge in [0.2, 0.25) is 0 Å². The molecule has 0 fully saturated rings. The fraction of sp³-hybridized carbons (Fsp3) is 0.263. The average Bonchev–Trinajstić information content (AvgIpc) is 2.61. The van der Waals surface area contributed by atoms with Crippen LogP contribution < -0.4 is 9.64 Å². The van der Waals surface area contributed by atoms with Crippen LogP contribution in [0.5, 0.6) is 5.75 Å². The molecule has 2 rings (SSSR count). The van der Waals surface area contributed by atoms with Gasteiger partial charge in [0.15, 0.2) is 6.61 Å². The molecule has 1 N–H and O–H groups in total. The number of benzene rings is 2. The molecular weight excluding hydrogens is 306 g/mol. The van der Waals surface area contributed by atoms with Crippen LogP contribution in [0.15, 0.2) is 54.6 Å². The zero-order valence-electron chi connectivity index (χ0n) is 13.6. The first kappa shape index (κ1) is 17.5. The van der Waals surface area contributed by atoms with Crippen molar-refractivity contribution in [2.24, 2.45) is 0 Å². The topological polar surface area (TPSA) is 66.8 Å². The number of ether oxygens (including phenoxy) is 1. The summed E-state index contributed by atoms with van der Waals surface area (Å²) >= 11 is 0. The van der Waals surface area contributed by atoms with E-state index in [9.17, 15) is 9.59 Å². The minimum absolute atomic E-state index is 0.129. The highest BCUT2D eigenvalue weighted by atomic mass is 16.5. The number of rotatable bonds is 8. The molecule has 0 atom stereocenters. The number of amides is 1. The minimum atomic E-state index is -1.06. The van der Waals surface area contributed by atoms with Gasteiger partial charge in [0, 0.05) is 17.8 Å². The zero-order chi connectivity index (χ0) is 17.4. The Kier molecular flexibility index (Phi) is 6.37. The van der Waals surface area contributed by atoms with Crippen LogP contribution in [0.25, 0.3) is 0 Å². The maximum absolute atomic E-state index is 12.9. The summed E-state index contributed by atoms with van der Waals surface area (Å²) in [4.78, 5) is 25.2. The number of anilines is 1. The molecule has 2 aromatic carbocycles. The lowest BCUT2D eigenvalue weighted by Crippen LogP contribution is -2.31. The lowest BCUT2D eigenvalue weighted by molar-refractivity contribution is -0.139. The molecular formula is C19H21NO4. The van der Waals surface area contributed by atoms with Gasteiger partial charge in [-0.1, -0.05) is 37.6 Å². The van der Waals surface area contributed by atoms with Gasteiger partial charge in [0.25, 0.3) is 5.91 Å². The lowest BCUT2D eigenvalue weighted by Gasteiger charge is -2.23. The number of carboxylic acids is 1. The summed E-state index contributed by atoms with van der Waals surface area (Å²) in [5.74, 6) is -0.817. The highest BCUT2D eigenvalue weighted by Crippen LogP contribution is 2.20. The number of hydrogen-bond donors (Lipinski definition) is 1. The molecule has 0 aliphatic heterocycles. The second-order valence-electron chi connectivity index (χ2n) is 5.36. The quantitative estimate of drug-likeness (QED) is 0.804. The number of hydrogen-bond acceptors (Lipinski definition) is 3. The summed E-state index contributed by atoms with van der Waals surface area (Å²) in [6, 6.07) is 16.1. The highest BCUT2D eigenvalue weighted by molar-refractivity contribution is 6.06.